The van der Waals surface area contributed by atoms with E-state index < -0.39 is 109 Å². The first kappa shape index (κ1) is 51.5. The number of carbonyl (C=O) groups is 8. The van der Waals surface area contributed by atoms with Crippen molar-refractivity contribution in [3.63, 3.8) is 0 Å². The van der Waals surface area contributed by atoms with E-state index in [1.165, 1.54) is 18.5 Å². The average molecular weight is 896 g/mol. The summed E-state index contributed by atoms with van der Waals surface area (Å²) in [4.78, 5) is 121. The van der Waals surface area contributed by atoms with E-state index in [4.69, 9.17) is 28.4 Å². The lowest BCUT2D eigenvalue weighted by molar-refractivity contribution is -0.176. The van der Waals surface area contributed by atoms with Crippen LogP contribution in [0.2, 0.25) is 0 Å². The van der Waals surface area contributed by atoms with Crippen molar-refractivity contribution in [3.8, 4) is 0 Å². The van der Waals surface area contributed by atoms with Crippen molar-refractivity contribution < 1.29 is 66.8 Å². The van der Waals surface area contributed by atoms with Crippen LogP contribution < -0.4 is 15.5 Å². The molecule has 3 aromatic rings. The molecule has 21 nitrogen and oxygen atoms in total. The standard InChI is InChI=1S/C43H57N7O14/c1-41(2,3)38(56)62-23-59-33(52)18-16-29(36(54)60-24-63-39(57)42(4,5)6)48-32(51)17-15-30(37(55)61-25-64-40(58)43(7,8)9)49-35(53)26-11-13-28(14-12-26)50(10)21-27-19-45-34-31(47-27)20-44-22-46-34/h11-14,19-20,22,29-30H,15-18,21,23-25H2,1-10H3,(H,48,51)(H,49,53)/t29?,30-/m0/s1. The van der Waals surface area contributed by atoms with Gasteiger partial charge >= 0.3 is 35.8 Å². The van der Waals surface area contributed by atoms with Crippen molar-refractivity contribution in [1.29, 1.82) is 0 Å². The van der Waals surface area contributed by atoms with E-state index in [9.17, 15) is 38.4 Å². The zero-order valence-corrected chi connectivity index (χ0v) is 37.8. The molecule has 0 spiro atoms. The van der Waals surface area contributed by atoms with Gasteiger partial charge in [-0.1, -0.05) is 0 Å². The van der Waals surface area contributed by atoms with Crippen LogP contribution in [0.5, 0.6) is 0 Å². The Bertz CT molecular complexity index is 2140. The lowest BCUT2D eigenvalue weighted by atomic mass is 9.97. The third-order valence-electron chi connectivity index (χ3n) is 8.78. The quantitative estimate of drug-likeness (QED) is 0.0933. The number of nitrogens with zero attached hydrogens (tertiary/aromatic N) is 5. The fourth-order valence-electron chi connectivity index (χ4n) is 4.99. The van der Waals surface area contributed by atoms with Gasteiger partial charge in [-0.25, -0.2) is 29.5 Å². The van der Waals surface area contributed by atoms with Crippen LogP contribution in [-0.2, 0) is 68.5 Å². The van der Waals surface area contributed by atoms with Gasteiger partial charge in [-0.05, 0) is 99.4 Å². The molecule has 2 amide bonds. The van der Waals surface area contributed by atoms with Gasteiger partial charge in [0.25, 0.3) is 5.91 Å². The maximum absolute atomic E-state index is 13.5. The first-order valence-corrected chi connectivity index (χ1v) is 20.2. The topological polar surface area (TPSA) is 271 Å². The molecule has 0 saturated carbocycles. The Balaban J connectivity index is 1.71. The molecule has 21 heteroatoms. The number of aromatic nitrogens is 4. The summed E-state index contributed by atoms with van der Waals surface area (Å²) in [6.45, 7) is 12.5. The van der Waals surface area contributed by atoms with E-state index >= 15 is 0 Å². The number of hydrogen-bond acceptors (Lipinski definition) is 19. The minimum absolute atomic E-state index is 0.149. The molecule has 64 heavy (non-hydrogen) atoms. The van der Waals surface area contributed by atoms with Gasteiger partial charge in [0.1, 0.15) is 23.9 Å². The van der Waals surface area contributed by atoms with Crippen molar-refractivity contribution in [1.82, 2.24) is 30.6 Å². The SMILES string of the molecule is CN(Cc1cnc2ncncc2n1)c1ccc(C(=O)N[C@@H](CCC(=O)NC(CCC(=O)OCOC(=O)C(C)(C)C)C(=O)OCOC(=O)C(C)(C)C)C(=O)OCOC(=O)C(C)(C)C)cc1. The maximum atomic E-state index is 13.5. The Hall–Kier alpha value is -6.80. The fourth-order valence-corrected chi connectivity index (χ4v) is 4.99. The van der Waals surface area contributed by atoms with E-state index in [1.54, 1.807) is 86.8 Å². The number of esters is 6. The van der Waals surface area contributed by atoms with Crippen LogP contribution in [0.25, 0.3) is 11.2 Å². The number of ether oxygens (including phenoxy) is 6. The van der Waals surface area contributed by atoms with Gasteiger partial charge in [0, 0.05) is 31.1 Å². The number of hydrogen-bond donors (Lipinski definition) is 2. The van der Waals surface area contributed by atoms with E-state index in [-0.39, 0.29) is 18.4 Å². The lowest BCUT2D eigenvalue weighted by Crippen LogP contribution is -2.45. The minimum Gasteiger partial charge on any atom is -0.428 e. The van der Waals surface area contributed by atoms with Crippen molar-refractivity contribution in [2.75, 3.05) is 32.3 Å². The summed E-state index contributed by atoms with van der Waals surface area (Å²) in [5.41, 5.74) is -0.159. The molecule has 2 N–H and O–H groups in total. The van der Waals surface area contributed by atoms with E-state index in [0.717, 1.165) is 0 Å². The summed E-state index contributed by atoms with van der Waals surface area (Å²) >= 11 is 0. The molecule has 2 heterocycles. The largest absolute Gasteiger partial charge is 0.428 e. The zero-order valence-electron chi connectivity index (χ0n) is 37.8. The van der Waals surface area contributed by atoms with Gasteiger partial charge in [0.15, 0.2) is 5.65 Å². The number of carbonyl (C=O) groups excluding carboxylic acids is 8. The monoisotopic (exact) mass is 895 g/mol. The Morgan fingerprint density at radius 1 is 0.625 bits per heavy atom. The zero-order chi connectivity index (χ0) is 47.8. The number of rotatable bonds is 20. The summed E-state index contributed by atoms with van der Waals surface area (Å²) in [5.74, 6) is -6.45. The first-order chi connectivity index (χ1) is 29.8. The van der Waals surface area contributed by atoms with Crippen molar-refractivity contribution in [3.05, 3.63) is 54.2 Å². The van der Waals surface area contributed by atoms with Crippen LogP contribution in [-0.4, -0.2) is 107 Å². The molecule has 0 aliphatic rings. The third kappa shape index (κ3) is 17.2. The Kier molecular flexibility index (Phi) is 18.6. The van der Waals surface area contributed by atoms with Crippen LogP contribution in [0.15, 0.2) is 43.0 Å². The van der Waals surface area contributed by atoms with E-state index in [1.807, 2.05) is 11.9 Å². The number of anilines is 1. The minimum atomic E-state index is -1.48. The highest BCUT2D eigenvalue weighted by atomic mass is 16.7. The van der Waals surface area contributed by atoms with Gasteiger partial charge in [0.05, 0.1) is 40.9 Å². The molecule has 2 aromatic heterocycles. The summed E-state index contributed by atoms with van der Waals surface area (Å²) in [7, 11) is 1.82. The molecule has 0 bridgehead atoms. The molecule has 3 rings (SSSR count). The maximum Gasteiger partial charge on any atom is 0.331 e. The summed E-state index contributed by atoms with van der Waals surface area (Å²) in [6.07, 6.45) is 2.89. The molecule has 1 aromatic carbocycles. The lowest BCUT2D eigenvalue weighted by Gasteiger charge is -2.21. The smallest absolute Gasteiger partial charge is 0.331 e. The predicted octanol–water partition coefficient (Wildman–Crippen LogP) is 3.47. The molecule has 0 aliphatic carbocycles. The van der Waals surface area contributed by atoms with Gasteiger partial charge in [0.2, 0.25) is 26.3 Å². The molecule has 0 aliphatic heterocycles. The highest BCUT2D eigenvalue weighted by molar-refractivity contribution is 5.97. The van der Waals surface area contributed by atoms with Crippen LogP contribution in [0, 0.1) is 16.2 Å². The second-order valence-electron chi connectivity index (χ2n) is 17.6. The molecule has 2 atom stereocenters. The normalized spacial score (nSPS) is 12.5. The first-order valence-electron chi connectivity index (χ1n) is 20.2. The summed E-state index contributed by atoms with van der Waals surface area (Å²) in [6, 6.07) is 3.46. The van der Waals surface area contributed by atoms with Gasteiger partial charge in [-0.15, -0.1) is 0 Å². The van der Waals surface area contributed by atoms with E-state index in [2.05, 4.69) is 30.6 Å². The summed E-state index contributed by atoms with van der Waals surface area (Å²) < 4.78 is 30.1. The van der Waals surface area contributed by atoms with E-state index in [0.29, 0.717) is 29.1 Å². The van der Waals surface area contributed by atoms with Crippen LogP contribution in [0.3, 0.4) is 0 Å². The average Bonchev–Trinajstić information content (AvgIpc) is 3.22. The molecule has 1 unspecified atom stereocenters. The van der Waals surface area contributed by atoms with Crippen molar-refractivity contribution in [2.24, 2.45) is 16.2 Å². The number of fused-ring (bicyclic) bond motifs is 1. The number of nitrogens with one attached hydrogen (secondary N) is 2. The number of benzene rings is 1. The van der Waals surface area contributed by atoms with Gasteiger partial charge in [-0.3, -0.25) is 28.8 Å². The molecule has 0 fully saturated rings. The van der Waals surface area contributed by atoms with Crippen molar-refractivity contribution in [2.45, 2.75) is 107 Å². The Labute approximate surface area is 370 Å². The molecular weight excluding hydrogens is 839 g/mol. The van der Waals surface area contributed by atoms with Crippen LogP contribution in [0.1, 0.15) is 104 Å². The summed E-state index contributed by atoms with van der Waals surface area (Å²) in [5, 5.41) is 4.98. The molecule has 0 saturated heterocycles. The second-order valence-corrected chi connectivity index (χ2v) is 17.6. The van der Waals surface area contributed by atoms with Crippen LogP contribution in [0.4, 0.5) is 5.69 Å². The highest BCUT2D eigenvalue weighted by Crippen LogP contribution is 2.19. The van der Waals surface area contributed by atoms with Crippen LogP contribution >= 0.6 is 0 Å². The third-order valence-corrected chi connectivity index (χ3v) is 8.78. The van der Waals surface area contributed by atoms with Gasteiger partial charge in [-0.2, -0.15) is 0 Å². The highest BCUT2D eigenvalue weighted by Gasteiger charge is 2.30. The van der Waals surface area contributed by atoms with Gasteiger partial charge < -0.3 is 44.0 Å². The predicted molar refractivity (Wildman–Crippen MR) is 225 cm³/mol. The fraction of sp³-hybridized carbons (Fsp3) is 0.535. The molecule has 348 valence electrons. The molecule has 0 radical (unpaired) electrons. The Morgan fingerprint density at radius 3 is 1.66 bits per heavy atom. The number of amides is 2. The van der Waals surface area contributed by atoms with Crippen molar-refractivity contribution >= 4 is 64.5 Å². The molecular formula is C43H57N7O14. The Morgan fingerprint density at radius 2 is 1.12 bits per heavy atom. The second kappa shape index (κ2) is 23.0.